The van der Waals surface area contributed by atoms with Gasteiger partial charge in [-0.15, -0.1) is 0 Å². The van der Waals surface area contributed by atoms with Crippen LogP contribution in [0.2, 0.25) is 15.1 Å². The number of nitrogens with zero attached hydrogens (tertiary/aromatic N) is 1. The molecule has 0 unspecified atom stereocenters. The third-order valence-electron chi connectivity index (χ3n) is 2.29. The average molecular weight is 426 g/mol. The van der Waals surface area contributed by atoms with E-state index in [0.717, 1.165) is 0 Å². The van der Waals surface area contributed by atoms with Crippen LogP contribution in [0.3, 0.4) is 0 Å². The van der Waals surface area contributed by atoms with Gasteiger partial charge in [-0.2, -0.15) is 5.10 Å². The second-order valence-electron chi connectivity index (χ2n) is 3.92. The summed E-state index contributed by atoms with van der Waals surface area (Å²) in [6.07, 6.45) is 1.35. The molecule has 0 aliphatic heterocycles. The van der Waals surface area contributed by atoms with Crippen molar-refractivity contribution < 1.29 is 13.9 Å². The third-order valence-corrected chi connectivity index (χ3v) is 3.72. The molecule has 0 saturated heterocycles. The fourth-order valence-corrected chi connectivity index (χ4v) is 2.34. The van der Waals surface area contributed by atoms with E-state index < -0.39 is 5.91 Å². The van der Waals surface area contributed by atoms with Gasteiger partial charge in [0.2, 0.25) is 0 Å². The molecule has 1 heterocycles. The summed E-state index contributed by atoms with van der Waals surface area (Å²) < 4.78 is 11.0. The molecule has 0 bridgehead atoms. The van der Waals surface area contributed by atoms with Gasteiger partial charge in [0.15, 0.2) is 11.3 Å². The lowest BCUT2D eigenvalue weighted by atomic mass is 10.3. The molecule has 0 saturated carbocycles. The molecule has 5 nitrogen and oxygen atoms in total. The fourth-order valence-electron chi connectivity index (χ4n) is 1.38. The molecule has 116 valence electrons. The maximum Gasteiger partial charge on any atom is 0.277 e. The van der Waals surface area contributed by atoms with Crippen molar-refractivity contribution in [3.63, 3.8) is 0 Å². The molecular weight excluding hydrogens is 418 g/mol. The Bertz CT molecular complexity index is 719. The zero-order chi connectivity index (χ0) is 16.1. The van der Waals surface area contributed by atoms with E-state index in [-0.39, 0.29) is 22.4 Å². The Morgan fingerprint density at radius 1 is 1.36 bits per heavy atom. The number of carbonyl (C=O) groups is 1. The van der Waals surface area contributed by atoms with Crippen LogP contribution in [-0.2, 0) is 4.79 Å². The lowest BCUT2D eigenvalue weighted by Gasteiger charge is -2.08. The summed E-state index contributed by atoms with van der Waals surface area (Å²) in [5.41, 5.74) is 2.28. The molecule has 0 atom stereocenters. The first kappa shape index (κ1) is 17.1. The molecule has 0 radical (unpaired) electrons. The van der Waals surface area contributed by atoms with Gasteiger partial charge in [0.1, 0.15) is 16.5 Å². The van der Waals surface area contributed by atoms with Crippen LogP contribution < -0.4 is 10.2 Å². The number of benzene rings is 1. The van der Waals surface area contributed by atoms with E-state index in [1.54, 1.807) is 12.1 Å². The first-order chi connectivity index (χ1) is 10.5. The first-order valence-electron chi connectivity index (χ1n) is 5.80. The van der Waals surface area contributed by atoms with E-state index in [2.05, 4.69) is 26.5 Å². The van der Waals surface area contributed by atoms with Crippen molar-refractivity contribution >= 4 is 62.9 Å². The largest absolute Gasteiger partial charge is 0.482 e. The Hall–Kier alpha value is -1.21. The summed E-state index contributed by atoms with van der Waals surface area (Å²) in [5.74, 6) is 0.222. The Morgan fingerprint density at radius 2 is 2.14 bits per heavy atom. The van der Waals surface area contributed by atoms with Gasteiger partial charge in [0, 0.05) is 11.1 Å². The lowest BCUT2D eigenvalue weighted by Crippen LogP contribution is -2.24. The molecule has 2 rings (SSSR count). The van der Waals surface area contributed by atoms with Crippen molar-refractivity contribution in [3.8, 4) is 5.75 Å². The highest BCUT2D eigenvalue weighted by Gasteiger charge is 2.10. The van der Waals surface area contributed by atoms with E-state index in [9.17, 15) is 4.79 Å². The molecule has 2 aromatic rings. The van der Waals surface area contributed by atoms with Crippen LogP contribution in [0.4, 0.5) is 0 Å². The summed E-state index contributed by atoms with van der Waals surface area (Å²) >= 11 is 20.8. The maximum absolute atomic E-state index is 11.6. The van der Waals surface area contributed by atoms with Gasteiger partial charge in [-0.3, -0.25) is 4.79 Å². The van der Waals surface area contributed by atoms with Crippen molar-refractivity contribution in [2.75, 3.05) is 6.61 Å². The molecule has 9 heteroatoms. The molecule has 0 fully saturated rings. The van der Waals surface area contributed by atoms with Gasteiger partial charge in [-0.1, -0.05) is 34.8 Å². The van der Waals surface area contributed by atoms with E-state index in [1.165, 1.54) is 18.3 Å². The Kier molecular flexibility index (Phi) is 6.14. The quantitative estimate of drug-likeness (QED) is 0.434. The molecule has 0 spiro atoms. The molecule has 22 heavy (non-hydrogen) atoms. The topological polar surface area (TPSA) is 63.8 Å². The molecule has 1 aromatic carbocycles. The average Bonchev–Trinajstić information content (AvgIpc) is 2.87. The fraction of sp³-hybridized carbons (Fsp3) is 0.0769. The molecule has 0 aliphatic carbocycles. The van der Waals surface area contributed by atoms with Crippen LogP contribution in [0.25, 0.3) is 0 Å². The highest BCUT2D eigenvalue weighted by molar-refractivity contribution is 9.10. The van der Waals surface area contributed by atoms with Gasteiger partial charge in [-0.25, -0.2) is 5.43 Å². The number of rotatable bonds is 5. The van der Waals surface area contributed by atoms with Crippen LogP contribution in [-0.4, -0.2) is 18.7 Å². The summed E-state index contributed by atoms with van der Waals surface area (Å²) in [6, 6.07) is 6.33. The number of nitrogens with one attached hydrogen (secondary N) is 1. The SMILES string of the molecule is O=C(COc1cc(Cl)cc(Cl)c1Cl)N/N=C\c1ccc(Br)o1. The second kappa shape index (κ2) is 7.87. The van der Waals surface area contributed by atoms with Crippen molar-refractivity contribution in [3.05, 3.63) is 49.8 Å². The first-order valence-corrected chi connectivity index (χ1v) is 7.73. The number of hydrazone groups is 1. The molecule has 1 amide bonds. The second-order valence-corrected chi connectivity index (χ2v) is 5.93. The van der Waals surface area contributed by atoms with E-state index in [0.29, 0.717) is 15.5 Å². The zero-order valence-electron chi connectivity index (χ0n) is 10.8. The highest BCUT2D eigenvalue weighted by Crippen LogP contribution is 2.35. The molecule has 0 aliphatic rings. The molecular formula is C13H8BrCl3N2O3. The predicted molar refractivity (Wildman–Crippen MR) is 89.1 cm³/mol. The van der Waals surface area contributed by atoms with Gasteiger partial charge < -0.3 is 9.15 Å². The minimum Gasteiger partial charge on any atom is -0.482 e. The molecule has 1 aromatic heterocycles. The van der Waals surface area contributed by atoms with E-state index in [4.69, 9.17) is 44.0 Å². The van der Waals surface area contributed by atoms with Crippen LogP contribution in [0, 0.1) is 0 Å². The minimum atomic E-state index is -0.478. The number of carbonyl (C=O) groups excluding carboxylic acids is 1. The monoisotopic (exact) mass is 424 g/mol. The maximum atomic E-state index is 11.6. The summed E-state index contributed by atoms with van der Waals surface area (Å²) in [4.78, 5) is 11.6. The van der Waals surface area contributed by atoms with Gasteiger partial charge in [0.05, 0.1) is 11.2 Å². The van der Waals surface area contributed by atoms with Gasteiger partial charge in [0.25, 0.3) is 5.91 Å². The highest BCUT2D eigenvalue weighted by atomic mass is 79.9. The number of halogens is 4. The standard InChI is InChI=1S/C13H8BrCl3N2O3/c14-11-2-1-8(22-11)5-18-19-12(20)6-21-10-4-7(15)3-9(16)13(10)17/h1-5H,6H2,(H,19,20)/b18-5-. The number of hydrogen-bond acceptors (Lipinski definition) is 4. The lowest BCUT2D eigenvalue weighted by molar-refractivity contribution is -0.123. The van der Waals surface area contributed by atoms with Gasteiger partial charge >= 0.3 is 0 Å². The van der Waals surface area contributed by atoms with Crippen molar-refractivity contribution in [1.29, 1.82) is 0 Å². The summed E-state index contributed by atoms with van der Waals surface area (Å²) in [5, 5.41) is 4.50. The number of hydrogen-bond donors (Lipinski definition) is 1. The van der Waals surface area contributed by atoms with E-state index in [1.807, 2.05) is 0 Å². The van der Waals surface area contributed by atoms with Crippen molar-refractivity contribution in [2.45, 2.75) is 0 Å². The van der Waals surface area contributed by atoms with Crippen molar-refractivity contribution in [2.24, 2.45) is 5.10 Å². The van der Waals surface area contributed by atoms with Gasteiger partial charge in [-0.05, 0) is 34.1 Å². The zero-order valence-corrected chi connectivity index (χ0v) is 14.6. The smallest absolute Gasteiger partial charge is 0.277 e. The number of furan rings is 1. The molecule has 1 N–H and O–H groups in total. The summed E-state index contributed by atoms with van der Waals surface area (Å²) in [6.45, 7) is -0.296. The van der Waals surface area contributed by atoms with E-state index >= 15 is 0 Å². The normalized spacial score (nSPS) is 10.9. The van der Waals surface area contributed by atoms with Crippen LogP contribution in [0.1, 0.15) is 5.76 Å². The Balaban J connectivity index is 1.87. The third kappa shape index (κ3) is 4.91. The Morgan fingerprint density at radius 3 is 2.82 bits per heavy atom. The summed E-state index contributed by atoms with van der Waals surface area (Å²) in [7, 11) is 0. The number of amides is 1. The van der Waals surface area contributed by atoms with Crippen LogP contribution >= 0.6 is 50.7 Å². The number of ether oxygens (including phenoxy) is 1. The Labute approximate surface area is 149 Å². The van der Waals surface area contributed by atoms with Crippen molar-refractivity contribution in [1.82, 2.24) is 5.43 Å². The van der Waals surface area contributed by atoms with Crippen LogP contribution in [0.5, 0.6) is 5.75 Å². The predicted octanol–water partition coefficient (Wildman–Crippen LogP) is 4.53. The minimum absolute atomic E-state index is 0.183. The van der Waals surface area contributed by atoms with Crippen LogP contribution in [0.15, 0.2) is 38.5 Å².